The van der Waals surface area contributed by atoms with Gasteiger partial charge >= 0.3 is 12.2 Å². The van der Waals surface area contributed by atoms with Gasteiger partial charge in [-0.2, -0.15) is 13.2 Å². The minimum Gasteiger partial charge on any atom is -0.349 e. The van der Waals surface area contributed by atoms with Gasteiger partial charge in [-0.1, -0.05) is 48.9 Å². The molecule has 0 unspecified atom stereocenters. The number of rotatable bonds is 8. The second-order valence-corrected chi connectivity index (χ2v) is 9.83. The molecule has 41 heavy (non-hydrogen) atoms. The first-order chi connectivity index (χ1) is 19.7. The molecule has 0 fully saturated rings. The van der Waals surface area contributed by atoms with E-state index in [1.165, 1.54) is 12.1 Å². The number of hydrogen-bond donors (Lipinski definition) is 2. The average Bonchev–Trinajstić information content (AvgIpc) is 3.42. The fraction of sp³-hybridized carbons (Fsp3) is 0.167. The highest BCUT2D eigenvalue weighted by molar-refractivity contribution is 6.30. The Bertz CT molecular complexity index is 1670. The molecule has 0 radical (unpaired) electrons. The second-order valence-electron chi connectivity index (χ2n) is 9.39. The molecule has 2 heterocycles. The maximum absolute atomic E-state index is 13.0. The number of aromatic nitrogens is 3. The van der Waals surface area contributed by atoms with Gasteiger partial charge in [-0.3, -0.25) is 0 Å². The summed E-state index contributed by atoms with van der Waals surface area (Å²) in [5, 5.41) is 5.81. The molecule has 0 aliphatic carbocycles. The first-order valence-electron chi connectivity index (χ1n) is 12.9. The van der Waals surface area contributed by atoms with Gasteiger partial charge < -0.3 is 19.9 Å². The van der Waals surface area contributed by atoms with E-state index in [1.54, 1.807) is 24.4 Å². The third kappa shape index (κ3) is 6.78. The van der Waals surface area contributed by atoms with Crippen molar-refractivity contribution in [3.8, 4) is 11.3 Å². The number of carbonyl (C=O) groups is 1. The van der Waals surface area contributed by atoms with Gasteiger partial charge in [0.15, 0.2) is 11.5 Å². The zero-order valence-corrected chi connectivity index (χ0v) is 22.7. The lowest BCUT2D eigenvalue weighted by molar-refractivity contribution is -0.137. The molecule has 7 nitrogen and oxygen atoms in total. The van der Waals surface area contributed by atoms with Crippen molar-refractivity contribution in [1.82, 2.24) is 14.4 Å². The molecule has 0 aliphatic rings. The monoisotopic (exact) mass is 578 g/mol. The van der Waals surface area contributed by atoms with Crippen LogP contribution in [0.4, 0.5) is 35.2 Å². The normalized spacial score (nSPS) is 11.4. The van der Waals surface area contributed by atoms with Crippen molar-refractivity contribution in [3.05, 3.63) is 108 Å². The summed E-state index contributed by atoms with van der Waals surface area (Å²) in [6, 6.07) is 18.6. The number of hydrogen-bond acceptors (Lipinski definition) is 4. The second kappa shape index (κ2) is 11.9. The van der Waals surface area contributed by atoms with Gasteiger partial charge in [0, 0.05) is 53.6 Å². The molecule has 2 aromatic heterocycles. The number of carbonyl (C=O) groups excluding carboxylic acids is 1. The highest BCUT2D eigenvalue weighted by atomic mass is 35.5. The highest BCUT2D eigenvalue weighted by Gasteiger charge is 2.30. The largest absolute Gasteiger partial charge is 0.416 e. The fourth-order valence-corrected chi connectivity index (χ4v) is 4.56. The first-order valence-corrected chi connectivity index (χ1v) is 13.3. The minimum absolute atomic E-state index is 0.0297. The molecule has 2 amide bonds. The number of halogens is 4. The van der Waals surface area contributed by atoms with Gasteiger partial charge in [0.1, 0.15) is 0 Å². The predicted octanol–water partition coefficient (Wildman–Crippen LogP) is 8.13. The molecule has 0 bridgehead atoms. The molecule has 3 aromatic carbocycles. The smallest absolute Gasteiger partial charge is 0.349 e. The summed E-state index contributed by atoms with van der Waals surface area (Å²) in [6.07, 6.45) is 1.81. The Hall–Kier alpha value is -4.57. The van der Waals surface area contributed by atoms with Gasteiger partial charge in [-0.15, -0.1) is 0 Å². The van der Waals surface area contributed by atoms with Crippen LogP contribution in [0, 0.1) is 0 Å². The lowest BCUT2D eigenvalue weighted by atomic mass is 10.1. The SMILES string of the molecule is CCCN(Cc1ccc(Cl)cc1)c1nc(-c2cccc(NC(=O)Nc3cccc(C(F)(F)F)c3)c2)cn2ccnc12. The molecule has 0 saturated carbocycles. The molecule has 0 saturated heterocycles. The maximum Gasteiger partial charge on any atom is 0.416 e. The molecule has 0 atom stereocenters. The topological polar surface area (TPSA) is 74.6 Å². The average molecular weight is 579 g/mol. The Morgan fingerprint density at radius 1 is 1.00 bits per heavy atom. The molecule has 210 valence electrons. The van der Waals surface area contributed by atoms with Crippen LogP contribution in [-0.4, -0.2) is 26.9 Å². The van der Waals surface area contributed by atoms with Crippen LogP contribution in [0.2, 0.25) is 5.02 Å². The standard InChI is InChI=1S/C30H26ClF3N6O/c1-2-14-39(18-20-9-11-23(31)12-10-20)28-27-35-13-15-40(27)19-26(38-28)21-5-3-7-24(16-21)36-29(41)37-25-8-4-6-22(17-25)30(32,33)34/h3-13,15-17,19H,2,14,18H2,1H3,(H2,36,37,41). The van der Waals surface area contributed by atoms with Gasteiger partial charge in [0.05, 0.1) is 11.3 Å². The maximum atomic E-state index is 13.0. The van der Waals surface area contributed by atoms with Crippen LogP contribution in [-0.2, 0) is 12.7 Å². The predicted molar refractivity (Wildman–Crippen MR) is 155 cm³/mol. The van der Waals surface area contributed by atoms with E-state index >= 15 is 0 Å². The van der Waals surface area contributed by atoms with Crippen LogP contribution in [0.15, 0.2) is 91.4 Å². The number of amides is 2. The summed E-state index contributed by atoms with van der Waals surface area (Å²) in [7, 11) is 0. The van der Waals surface area contributed by atoms with Gasteiger partial charge in [0.25, 0.3) is 0 Å². The summed E-state index contributed by atoms with van der Waals surface area (Å²) >= 11 is 6.08. The molecule has 11 heteroatoms. The van der Waals surface area contributed by atoms with E-state index in [9.17, 15) is 18.0 Å². The number of fused-ring (bicyclic) bond motifs is 1. The minimum atomic E-state index is -4.51. The van der Waals surface area contributed by atoms with Crippen LogP contribution in [0.25, 0.3) is 16.9 Å². The number of nitrogens with zero attached hydrogens (tertiary/aromatic N) is 4. The molecular formula is C30H26ClF3N6O. The number of urea groups is 1. The van der Waals surface area contributed by atoms with Crippen molar-refractivity contribution in [1.29, 1.82) is 0 Å². The Kier molecular flexibility index (Phi) is 8.11. The molecule has 5 aromatic rings. The Morgan fingerprint density at radius 3 is 2.41 bits per heavy atom. The lowest BCUT2D eigenvalue weighted by Gasteiger charge is -2.24. The highest BCUT2D eigenvalue weighted by Crippen LogP contribution is 2.31. The van der Waals surface area contributed by atoms with E-state index in [0.29, 0.717) is 34.4 Å². The Balaban J connectivity index is 1.40. The van der Waals surface area contributed by atoms with Gasteiger partial charge in [0.2, 0.25) is 0 Å². The number of alkyl halides is 3. The molecule has 0 spiro atoms. The number of benzene rings is 3. The van der Waals surface area contributed by atoms with E-state index in [2.05, 4.69) is 27.4 Å². The number of imidazole rings is 1. The van der Waals surface area contributed by atoms with Crippen molar-refractivity contribution in [2.45, 2.75) is 26.1 Å². The first kappa shape index (κ1) is 28.0. The summed E-state index contributed by atoms with van der Waals surface area (Å²) in [6.45, 7) is 3.46. The summed E-state index contributed by atoms with van der Waals surface area (Å²) in [5.74, 6) is 0.713. The number of anilines is 3. The van der Waals surface area contributed by atoms with Gasteiger partial charge in [-0.25, -0.2) is 14.8 Å². The van der Waals surface area contributed by atoms with E-state index in [1.807, 2.05) is 47.1 Å². The van der Waals surface area contributed by atoms with Crippen molar-refractivity contribution in [2.75, 3.05) is 22.1 Å². The molecule has 0 aliphatic heterocycles. The van der Waals surface area contributed by atoms with Crippen LogP contribution in [0.1, 0.15) is 24.5 Å². The van der Waals surface area contributed by atoms with Crippen LogP contribution in [0.3, 0.4) is 0 Å². The van der Waals surface area contributed by atoms with Crippen LogP contribution < -0.4 is 15.5 Å². The quantitative estimate of drug-likeness (QED) is 0.195. The zero-order chi connectivity index (χ0) is 29.0. The Morgan fingerprint density at radius 2 is 1.71 bits per heavy atom. The van der Waals surface area contributed by atoms with Crippen molar-refractivity contribution in [2.24, 2.45) is 0 Å². The third-order valence-corrected chi connectivity index (χ3v) is 6.55. The van der Waals surface area contributed by atoms with E-state index in [0.717, 1.165) is 36.2 Å². The number of nitrogens with one attached hydrogen (secondary N) is 2. The zero-order valence-electron chi connectivity index (χ0n) is 22.0. The van der Waals surface area contributed by atoms with Gasteiger partial charge in [-0.05, 0) is 54.4 Å². The van der Waals surface area contributed by atoms with Crippen molar-refractivity contribution < 1.29 is 18.0 Å². The van der Waals surface area contributed by atoms with E-state index in [-0.39, 0.29) is 5.69 Å². The molecule has 2 N–H and O–H groups in total. The van der Waals surface area contributed by atoms with Crippen molar-refractivity contribution in [3.63, 3.8) is 0 Å². The summed E-state index contributed by atoms with van der Waals surface area (Å²) in [4.78, 5) is 24.3. The Labute approximate surface area is 239 Å². The molecule has 5 rings (SSSR count). The van der Waals surface area contributed by atoms with E-state index in [4.69, 9.17) is 16.6 Å². The van der Waals surface area contributed by atoms with Crippen LogP contribution >= 0.6 is 11.6 Å². The van der Waals surface area contributed by atoms with Crippen molar-refractivity contribution >= 4 is 40.5 Å². The molecular weight excluding hydrogens is 553 g/mol. The summed E-state index contributed by atoms with van der Waals surface area (Å²) in [5.41, 5.74) is 2.83. The fourth-order valence-electron chi connectivity index (χ4n) is 4.43. The summed E-state index contributed by atoms with van der Waals surface area (Å²) < 4.78 is 41.0. The lowest BCUT2D eigenvalue weighted by Crippen LogP contribution is -2.25. The van der Waals surface area contributed by atoms with E-state index < -0.39 is 17.8 Å². The third-order valence-electron chi connectivity index (χ3n) is 6.30. The van der Waals surface area contributed by atoms with Crippen LogP contribution in [0.5, 0.6) is 0 Å².